The molecule has 9 heteroatoms. The zero-order valence-corrected chi connectivity index (χ0v) is 17.9. The monoisotopic (exact) mass is 424 g/mol. The van der Waals surface area contributed by atoms with E-state index in [9.17, 15) is 9.59 Å². The van der Waals surface area contributed by atoms with Crippen molar-refractivity contribution < 1.29 is 14.3 Å². The second-order valence-electron chi connectivity index (χ2n) is 6.61. The van der Waals surface area contributed by atoms with E-state index in [1.165, 1.54) is 12.8 Å². The first-order valence-corrected chi connectivity index (χ1v) is 11.1. The Morgan fingerprint density at radius 3 is 2.50 bits per heavy atom. The number of hydrazine groups is 1. The van der Waals surface area contributed by atoms with Crippen molar-refractivity contribution in [3.05, 3.63) is 29.8 Å². The number of carbonyl (C=O) groups is 2. The number of carbonyl (C=O) groups excluding carboxylic acids is 2. The molecule has 1 aliphatic rings. The molecular formula is C19H28N4O3S2. The van der Waals surface area contributed by atoms with Gasteiger partial charge in [0.25, 0.3) is 11.8 Å². The number of methoxy groups -OCH3 is 1. The van der Waals surface area contributed by atoms with E-state index >= 15 is 0 Å². The molecule has 28 heavy (non-hydrogen) atoms. The number of rotatable bonds is 8. The first-order chi connectivity index (χ1) is 13.5. The molecule has 1 saturated carbocycles. The summed E-state index contributed by atoms with van der Waals surface area (Å²) in [6.45, 7) is 0. The largest absolute Gasteiger partial charge is 0.497 e. The van der Waals surface area contributed by atoms with E-state index in [4.69, 9.17) is 17.0 Å². The van der Waals surface area contributed by atoms with Crippen molar-refractivity contribution in [1.29, 1.82) is 0 Å². The minimum absolute atomic E-state index is 0.310. The molecule has 1 aromatic carbocycles. The number of thiocarbonyl (C=S) groups is 1. The van der Waals surface area contributed by atoms with Gasteiger partial charge in [0.05, 0.1) is 7.11 Å². The Morgan fingerprint density at radius 1 is 1.21 bits per heavy atom. The van der Waals surface area contributed by atoms with E-state index in [1.807, 2.05) is 6.26 Å². The van der Waals surface area contributed by atoms with Crippen LogP contribution < -0.4 is 26.2 Å². The van der Waals surface area contributed by atoms with Gasteiger partial charge in [-0.2, -0.15) is 11.8 Å². The predicted octanol–water partition coefficient (Wildman–Crippen LogP) is 1.98. The average Bonchev–Trinajstić information content (AvgIpc) is 3.22. The molecule has 2 amide bonds. The predicted molar refractivity (Wildman–Crippen MR) is 117 cm³/mol. The van der Waals surface area contributed by atoms with Crippen molar-refractivity contribution in [3.63, 3.8) is 0 Å². The lowest BCUT2D eigenvalue weighted by molar-refractivity contribution is -0.123. The van der Waals surface area contributed by atoms with Crippen molar-refractivity contribution in [3.8, 4) is 5.75 Å². The summed E-state index contributed by atoms with van der Waals surface area (Å²) in [7, 11) is 1.57. The molecule has 2 rings (SSSR count). The molecule has 0 unspecified atom stereocenters. The fraction of sp³-hybridized carbons (Fsp3) is 0.526. The van der Waals surface area contributed by atoms with Gasteiger partial charge in [-0.25, -0.2) is 0 Å². The normalized spacial score (nSPS) is 14.8. The standard InChI is InChI=1S/C19H28N4O3S2/c1-26-15-9-7-13(8-10-15)17(24)21-16(11-12-28-2)18(25)22-23-19(27)20-14-5-3-4-6-14/h7-10,14,16H,3-6,11-12H2,1-2H3,(H,21,24)(H,22,25)(H2,20,23,27)/t16-/m0/s1. The van der Waals surface area contributed by atoms with Crippen LogP contribution in [0.2, 0.25) is 0 Å². The van der Waals surface area contributed by atoms with Crippen LogP contribution in [0, 0.1) is 0 Å². The lowest BCUT2D eigenvalue weighted by Crippen LogP contribution is -2.55. The van der Waals surface area contributed by atoms with Crippen LogP contribution in [0.3, 0.4) is 0 Å². The third-order valence-electron chi connectivity index (χ3n) is 4.57. The van der Waals surface area contributed by atoms with Crippen LogP contribution in [-0.2, 0) is 4.79 Å². The fourth-order valence-electron chi connectivity index (χ4n) is 2.99. The maximum atomic E-state index is 12.6. The van der Waals surface area contributed by atoms with Gasteiger partial charge in [0.2, 0.25) is 0 Å². The zero-order chi connectivity index (χ0) is 20.4. The second kappa shape index (κ2) is 11.8. The number of benzene rings is 1. The summed E-state index contributed by atoms with van der Waals surface area (Å²) in [4.78, 5) is 25.0. The SMILES string of the molecule is COc1ccc(C(=O)N[C@@H](CCSC)C(=O)NNC(=S)NC2CCCC2)cc1. The maximum Gasteiger partial charge on any atom is 0.260 e. The maximum absolute atomic E-state index is 12.6. The smallest absolute Gasteiger partial charge is 0.260 e. The van der Waals surface area contributed by atoms with Crippen molar-refractivity contribution in [2.45, 2.75) is 44.2 Å². The molecule has 4 N–H and O–H groups in total. The van der Waals surface area contributed by atoms with E-state index < -0.39 is 6.04 Å². The molecule has 1 atom stereocenters. The van der Waals surface area contributed by atoms with Crippen LogP contribution in [0.4, 0.5) is 0 Å². The molecule has 1 fully saturated rings. The van der Waals surface area contributed by atoms with Gasteiger partial charge in [-0.05, 0) is 67.8 Å². The molecule has 0 radical (unpaired) electrons. The first-order valence-electron chi connectivity index (χ1n) is 9.33. The molecule has 0 spiro atoms. The number of hydrogen-bond donors (Lipinski definition) is 4. The van der Waals surface area contributed by atoms with Crippen LogP contribution in [0.15, 0.2) is 24.3 Å². The molecule has 0 aliphatic heterocycles. The Labute approximate surface area is 175 Å². The van der Waals surface area contributed by atoms with Gasteiger partial charge < -0.3 is 15.4 Å². The van der Waals surface area contributed by atoms with Crippen LogP contribution in [0.5, 0.6) is 5.75 Å². The zero-order valence-electron chi connectivity index (χ0n) is 16.2. The molecule has 0 heterocycles. The highest BCUT2D eigenvalue weighted by Crippen LogP contribution is 2.17. The summed E-state index contributed by atoms with van der Waals surface area (Å²) in [5, 5.41) is 6.38. The summed E-state index contributed by atoms with van der Waals surface area (Å²) < 4.78 is 5.10. The van der Waals surface area contributed by atoms with Gasteiger partial charge in [0, 0.05) is 11.6 Å². The topological polar surface area (TPSA) is 91.5 Å². The van der Waals surface area contributed by atoms with Gasteiger partial charge >= 0.3 is 0 Å². The lowest BCUT2D eigenvalue weighted by Gasteiger charge is -2.20. The highest BCUT2D eigenvalue weighted by Gasteiger charge is 2.22. The van der Waals surface area contributed by atoms with Crippen molar-refractivity contribution >= 4 is 40.9 Å². The highest BCUT2D eigenvalue weighted by molar-refractivity contribution is 7.98. The van der Waals surface area contributed by atoms with Crippen LogP contribution in [0.1, 0.15) is 42.5 Å². The van der Waals surface area contributed by atoms with Crippen molar-refractivity contribution in [1.82, 2.24) is 21.5 Å². The molecule has 0 bridgehead atoms. The molecule has 0 aromatic heterocycles. The van der Waals surface area contributed by atoms with E-state index in [0.29, 0.717) is 28.9 Å². The molecule has 7 nitrogen and oxygen atoms in total. The van der Waals surface area contributed by atoms with Gasteiger partial charge in [-0.1, -0.05) is 12.8 Å². The van der Waals surface area contributed by atoms with Gasteiger partial charge in [-0.15, -0.1) is 0 Å². The Morgan fingerprint density at radius 2 is 1.89 bits per heavy atom. The quantitative estimate of drug-likeness (QED) is 0.375. The molecule has 1 aromatic rings. The molecular weight excluding hydrogens is 396 g/mol. The second-order valence-corrected chi connectivity index (χ2v) is 8.00. The van der Waals surface area contributed by atoms with Gasteiger partial charge in [-0.3, -0.25) is 20.4 Å². The van der Waals surface area contributed by atoms with Crippen LogP contribution in [-0.4, -0.2) is 48.1 Å². The Kier molecular flexibility index (Phi) is 9.36. The number of thioether (sulfide) groups is 1. The molecule has 1 aliphatic carbocycles. The molecule has 154 valence electrons. The van der Waals surface area contributed by atoms with E-state index in [-0.39, 0.29) is 11.8 Å². The lowest BCUT2D eigenvalue weighted by atomic mass is 10.1. The number of amides is 2. The van der Waals surface area contributed by atoms with Gasteiger partial charge in [0.1, 0.15) is 11.8 Å². The third kappa shape index (κ3) is 7.20. The van der Waals surface area contributed by atoms with Crippen LogP contribution >= 0.6 is 24.0 Å². The number of ether oxygens (including phenoxy) is 1. The third-order valence-corrected chi connectivity index (χ3v) is 5.44. The number of nitrogens with one attached hydrogen (secondary N) is 4. The summed E-state index contributed by atoms with van der Waals surface area (Å²) >= 11 is 6.85. The van der Waals surface area contributed by atoms with E-state index in [0.717, 1.165) is 18.6 Å². The van der Waals surface area contributed by atoms with Crippen LogP contribution in [0.25, 0.3) is 0 Å². The number of hydrogen-bond acceptors (Lipinski definition) is 5. The first kappa shape index (κ1) is 22.3. The Hall–Kier alpha value is -2.00. The molecule has 0 saturated heterocycles. The summed E-state index contributed by atoms with van der Waals surface area (Å²) in [5.41, 5.74) is 5.81. The minimum Gasteiger partial charge on any atom is -0.497 e. The van der Waals surface area contributed by atoms with Crippen molar-refractivity contribution in [2.24, 2.45) is 0 Å². The fourth-order valence-corrected chi connectivity index (χ4v) is 3.67. The highest BCUT2D eigenvalue weighted by atomic mass is 32.2. The van der Waals surface area contributed by atoms with E-state index in [1.54, 1.807) is 43.1 Å². The Balaban J connectivity index is 1.88. The summed E-state index contributed by atoms with van der Waals surface area (Å²) in [6, 6.07) is 6.44. The van der Waals surface area contributed by atoms with E-state index in [2.05, 4.69) is 21.5 Å². The average molecular weight is 425 g/mol. The Bertz CT molecular complexity index is 664. The van der Waals surface area contributed by atoms with Crippen molar-refractivity contribution in [2.75, 3.05) is 19.1 Å². The summed E-state index contributed by atoms with van der Waals surface area (Å²) in [5.74, 6) is 0.772. The summed E-state index contributed by atoms with van der Waals surface area (Å²) in [6.07, 6.45) is 7.04. The minimum atomic E-state index is -0.663. The van der Waals surface area contributed by atoms with Gasteiger partial charge in [0.15, 0.2) is 5.11 Å².